The van der Waals surface area contributed by atoms with E-state index in [2.05, 4.69) is 0 Å². The third-order valence-corrected chi connectivity index (χ3v) is 2.03. The zero-order valence-corrected chi connectivity index (χ0v) is 9.52. The number of hydrogen-bond donors (Lipinski definition) is 0. The van der Waals surface area contributed by atoms with E-state index in [1.165, 1.54) is 0 Å². The molecule has 16 heavy (non-hydrogen) atoms. The Morgan fingerprint density at radius 3 is 2.62 bits per heavy atom. The van der Waals surface area contributed by atoms with Gasteiger partial charge in [-0.05, 0) is 26.8 Å². The number of carbonyl (C=O) groups excluding carboxylic acids is 1. The van der Waals surface area contributed by atoms with Gasteiger partial charge in [-0.25, -0.2) is 9.68 Å². The molecule has 1 aromatic rings. The van der Waals surface area contributed by atoms with E-state index in [0.29, 0.717) is 11.1 Å². The van der Waals surface area contributed by atoms with E-state index < -0.39 is 11.9 Å². The second kappa shape index (κ2) is 3.88. The molecule has 0 radical (unpaired) electrons. The first-order valence-electron chi connectivity index (χ1n) is 5.12. The standard InChI is InChI=1S/C12H14O4/c1-12(2,3)16-15-11-9-7-5-4-6-8(9)10(13)14-11/h4-7,11H,1-3H3. The number of cyclic esters (lactones) is 1. The molecule has 1 unspecified atom stereocenters. The summed E-state index contributed by atoms with van der Waals surface area (Å²) in [6.07, 6.45) is -0.761. The van der Waals surface area contributed by atoms with E-state index >= 15 is 0 Å². The van der Waals surface area contributed by atoms with Crippen LogP contribution in [0.15, 0.2) is 24.3 Å². The minimum absolute atomic E-state index is 0.377. The van der Waals surface area contributed by atoms with Crippen LogP contribution in [0.25, 0.3) is 0 Å². The fourth-order valence-corrected chi connectivity index (χ4v) is 1.37. The maximum atomic E-state index is 11.4. The number of benzene rings is 1. The zero-order chi connectivity index (χ0) is 11.8. The minimum atomic E-state index is -0.761. The lowest BCUT2D eigenvalue weighted by atomic mass is 10.1. The van der Waals surface area contributed by atoms with E-state index in [1.54, 1.807) is 18.2 Å². The van der Waals surface area contributed by atoms with Crippen molar-refractivity contribution in [2.75, 3.05) is 0 Å². The monoisotopic (exact) mass is 222 g/mol. The van der Waals surface area contributed by atoms with Crippen molar-refractivity contribution >= 4 is 5.97 Å². The molecule has 2 rings (SSSR count). The molecule has 4 nitrogen and oxygen atoms in total. The van der Waals surface area contributed by atoms with Crippen LogP contribution in [0.4, 0.5) is 0 Å². The van der Waals surface area contributed by atoms with Crippen LogP contribution >= 0.6 is 0 Å². The van der Waals surface area contributed by atoms with E-state index in [9.17, 15) is 4.79 Å². The molecular weight excluding hydrogens is 208 g/mol. The van der Waals surface area contributed by atoms with Crippen molar-refractivity contribution in [3.8, 4) is 0 Å². The van der Waals surface area contributed by atoms with Gasteiger partial charge in [0.2, 0.25) is 0 Å². The fourth-order valence-electron chi connectivity index (χ4n) is 1.37. The highest BCUT2D eigenvalue weighted by Gasteiger charge is 2.33. The van der Waals surface area contributed by atoms with Gasteiger partial charge >= 0.3 is 5.97 Å². The predicted molar refractivity (Wildman–Crippen MR) is 56.5 cm³/mol. The lowest BCUT2D eigenvalue weighted by Crippen LogP contribution is -2.21. The largest absolute Gasteiger partial charge is 0.425 e. The summed E-state index contributed by atoms with van der Waals surface area (Å²) in [5, 5.41) is 0. The number of fused-ring (bicyclic) bond motifs is 1. The number of esters is 1. The number of rotatable bonds is 2. The molecule has 0 spiro atoms. The molecule has 0 N–H and O–H groups in total. The van der Waals surface area contributed by atoms with Gasteiger partial charge in [-0.3, -0.25) is 0 Å². The second-order valence-electron chi connectivity index (χ2n) is 4.62. The zero-order valence-electron chi connectivity index (χ0n) is 9.52. The molecule has 0 saturated heterocycles. The molecular formula is C12H14O4. The van der Waals surface area contributed by atoms with Gasteiger partial charge in [0.1, 0.15) is 0 Å². The van der Waals surface area contributed by atoms with Crippen LogP contribution in [-0.2, 0) is 14.5 Å². The average molecular weight is 222 g/mol. The van der Waals surface area contributed by atoms with E-state index in [4.69, 9.17) is 14.5 Å². The average Bonchev–Trinajstić information content (AvgIpc) is 2.53. The van der Waals surface area contributed by atoms with Crippen LogP contribution in [0.3, 0.4) is 0 Å². The Morgan fingerprint density at radius 2 is 1.94 bits per heavy atom. The van der Waals surface area contributed by atoms with Crippen molar-refractivity contribution in [1.82, 2.24) is 0 Å². The van der Waals surface area contributed by atoms with E-state index in [-0.39, 0.29) is 5.97 Å². The Morgan fingerprint density at radius 1 is 1.25 bits per heavy atom. The van der Waals surface area contributed by atoms with Crippen molar-refractivity contribution in [1.29, 1.82) is 0 Å². The molecule has 4 heteroatoms. The van der Waals surface area contributed by atoms with Gasteiger partial charge in [0.05, 0.1) is 11.2 Å². The molecule has 0 aromatic heterocycles. The van der Waals surface area contributed by atoms with Gasteiger partial charge < -0.3 is 4.74 Å². The van der Waals surface area contributed by atoms with Crippen molar-refractivity contribution in [2.24, 2.45) is 0 Å². The predicted octanol–water partition coefficient (Wildman–Crippen LogP) is 2.60. The summed E-state index contributed by atoms with van der Waals surface area (Å²) in [4.78, 5) is 21.7. The number of hydrogen-bond acceptors (Lipinski definition) is 4. The summed E-state index contributed by atoms with van der Waals surface area (Å²) in [6.45, 7) is 5.57. The first-order chi connectivity index (χ1) is 7.47. The topological polar surface area (TPSA) is 44.8 Å². The Kier molecular flexibility index (Phi) is 2.69. The van der Waals surface area contributed by atoms with Crippen molar-refractivity contribution < 1.29 is 19.3 Å². The third kappa shape index (κ3) is 2.23. The SMILES string of the molecule is CC(C)(C)OOC1OC(=O)c2ccccc21. The van der Waals surface area contributed by atoms with Crippen LogP contribution < -0.4 is 0 Å². The van der Waals surface area contributed by atoms with Gasteiger partial charge in [-0.15, -0.1) is 0 Å². The van der Waals surface area contributed by atoms with Gasteiger partial charge in [0, 0.05) is 5.56 Å². The molecule has 1 aliphatic rings. The molecule has 1 heterocycles. The number of ether oxygens (including phenoxy) is 1. The van der Waals surface area contributed by atoms with Gasteiger partial charge in [0.25, 0.3) is 6.29 Å². The Bertz CT molecular complexity index is 406. The molecule has 0 saturated carbocycles. The molecule has 0 fully saturated rings. The van der Waals surface area contributed by atoms with Gasteiger partial charge in [0.15, 0.2) is 0 Å². The summed E-state index contributed by atoms with van der Waals surface area (Å²) < 4.78 is 5.04. The third-order valence-electron chi connectivity index (χ3n) is 2.03. The maximum Gasteiger partial charge on any atom is 0.341 e. The molecule has 86 valence electrons. The molecule has 1 atom stereocenters. The lowest BCUT2D eigenvalue weighted by molar-refractivity contribution is -0.409. The van der Waals surface area contributed by atoms with Crippen molar-refractivity contribution in [2.45, 2.75) is 32.7 Å². The summed E-state index contributed by atoms with van der Waals surface area (Å²) in [5.74, 6) is -0.377. The van der Waals surface area contributed by atoms with E-state index in [0.717, 1.165) is 0 Å². The van der Waals surface area contributed by atoms with E-state index in [1.807, 2.05) is 26.8 Å². The molecule has 0 bridgehead atoms. The quantitative estimate of drug-likeness (QED) is 0.438. The molecule has 1 aromatic carbocycles. The Labute approximate surface area is 94.0 Å². The maximum absolute atomic E-state index is 11.4. The Hall–Kier alpha value is -1.39. The smallest absolute Gasteiger partial charge is 0.341 e. The van der Waals surface area contributed by atoms with Crippen LogP contribution in [0.2, 0.25) is 0 Å². The summed E-state index contributed by atoms with van der Waals surface area (Å²) >= 11 is 0. The van der Waals surface area contributed by atoms with Crippen LogP contribution in [-0.4, -0.2) is 11.6 Å². The van der Waals surface area contributed by atoms with Crippen molar-refractivity contribution in [3.05, 3.63) is 35.4 Å². The summed E-state index contributed by atoms with van der Waals surface area (Å²) in [6, 6.07) is 7.11. The normalized spacial score (nSPS) is 19.4. The second-order valence-corrected chi connectivity index (χ2v) is 4.62. The molecule has 0 aliphatic carbocycles. The number of carbonyl (C=O) groups is 1. The lowest BCUT2D eigenvalue weighted by Gasteiger charge is -2.20. The Balaban J connectivity index is 2.12. The highest BCUT2D eigenvalue weighted by Crippen LogP contribution is 2.32. The van der Waals surface area contributed by atoms with Crippen LogP contribution in [0.5, 0.6) is 0 Å². The van der Waals surface area contributed by atoms with Gasteiger partial charge in [-0.2, -0.15) is 4.89 Å². The highest BCUT2D eigenvalue weighted by molar-refractivity contribution is 5.93. The summed E-state index contributed by atoms with van der Waals surface area (Å²) in [7, 11) is 0. The fraction of sp³-hybridized carbons (Fsp3) is 0.417. The molecule has 1 aliphatic heterocycles. The van der Waals surface area contributed by atoms with Crippen LogP contribution in [0, 0.1) is 0 Å². The van der Waals surface area contributed by atoms with Crippen LogP contribution in [0.1, 0.15) is 43.0 Å². The first kappa shape index (κ1) is 11.1. The summed E-state index contributed by atoms with van der Waals surface area (Å²) in [5.41, 5.74) is 0.797. The highest BCUT2D eigenvalue weighted by atomic mass is 17.2. The van der Waals surface area contributed by atoms with Gasteiger partial charge in [-0.1, -0.05) is 18.2 Å². The molecule has 0 amide bonds. The first-order valence-corrected chi connectivity index (χ1v) is 5.12. The minimum Gasteiger partial charge on any atom is -0.425 e. The van der Waals surface area contributed by atoms with Crippen molar-refractivity contribution in [3.63, 3.8) is 0 Å².